The highest BCUT2D eigenvalue weighted by Gasteiger charge is 2.42. The summed E-state index contributed by atoms with van der Waals surface area (Å²) in [5.74, 6) is 0. The standard InChI is InChI=1S/C12H13F3N2O2/c13-12(14,15)11(16-18)9-2-1-3-10(8-9)17-4-6-19-7-5-17/h1-3,8,11H,4-7H2. The van der Waals surface area contributed by atoms with Gasteiger partial charge in [-0.1, -0.05) is 17.3 Å². The van der Waals surface area contributed by atoms with Gasteiger partial charge in [-0.05, 0) is 17.7 Å². The van der Waals surface area contributed by atoms with Crippen LogP contribution in [0.25, 0.3) is 0 Å². The quantitative estimate of drug-likeness (QED) is 0.796. The van der Waals surface area contributed by atoms with Crippen molar-refractivity contribution < 1.29 is 17.9 Å². The molecular weight excluding hydrogens is 261 g/mol. The molecule has 104 valence electrons. The van der Waals surface area contributed by atoms with Crippen LogP contribution in [0.3, 0.4) is 0 Å². The molecule has 1 aromatic carbocycles. The number of ether oxygens (including phenoxy) is 1. The van der Waals surface area contributed by atoms with E-state index in [1.807, 2.05) is 4.90 Å². The van der Waals surface area contributed by atoms with E-state index in [2.05, 4.69) is 5.18 Å². The number of nitroso groups, excluding NO2 is 1. The summed E-state index contributed by atoms with van der Waals surface area (Å²) in [7, 11) is 0. The number of nitrogens with zero attached hydrogens (tertiary/aromatic N) is 2. The maximum Gasteiger partial charge on any atom is 0.418 e. The van der Waals surface area contributed by atoms with E-state index < -0.39 is 12.2 Å². The Balaban J connectivity index is 2.25. The van der Waals surface area contributed by atoms with Gasteiger partial charge in [-0.15, -0.1) is 4.91 Å². The van der Waals surface area contributed by atoms with Gasteiger partial charge in [0.1, 0.15) is 0 Å². The molecule has 1 aromatic rings. The first-order chi connectivity index (χ1) is 9.02. The zero-order valence-corrected chi connectivity index (χ0v) is 10.1. The lowest BCUT2D eigenvalue weighted by atomic mass is 10.1. The fraction of sp³-hybridized carbons (Fsp3) is 0.500. The number of hydrogen-bond acceptors (Lipinski definition) is 4. The predicted octanol–water partition coefficient (Wildman–Crippen LogP) is 2.89. The van der Waals surface area contributed by atoms with Crippen LogP contribution in [0.4, 0.5) is 18.9 Å². The lowest BCUT2D eigenvalue weighted by molar-refractivity contribution is -0.148. The number of anilines is 1. The Kier molecular flexibility index (Phi) is 4.04. The highest BCUT2D eigenvalue weighted by atomic mass is 19.4. The normalized spacial score (nSPS) is 18.2. The number of alkyl halides is 3. The first kappa shape index (κ1) is 13.8. The molecule has 0 spiro atoms. The van der Waals surface area contributed by atoms with Crippen LogP contribution in [0.1, 0.15) is 11.6 Å². The Hall–Kier alpha value is -1.63. The van der Waals surface area contributed by atoms with Crippen molar-refractivity contribution in [2.45, 2.75) is 12.2 Å². The Bertz CT molecular complexity index is 445. The third-order valence-electron chi connectivity index (χ3n) is 2.98. The summed E-state index contributed by atoms with van der Waals surface area (Å²) in [5.41, 5.74) is 0.519. The molecule has 19 heavy (non-hydrogen) atoms. The number of benzene rings is 1. The fourth-order valence-corrected chi connectivity index (χ4v) is 2.02. The fourth-order valence-electron chi connectivity index (χ4n) is 2.02. The molecule has 0 radical (unpaired) electrons. The summed E-state index contributed by atoms with van der Waals surface area (Å²) < 4.78 is 43.1. The van der Waals surface area contributed by atoms with Crippen molar-refractivity contribution >= 4 is 5.69 Å². The minimum absolute atomic E-state index is 0.133. The summed E-state index contributed by atoms with van der Waals surface area (Å²) in [5, 5.41) is 2.20. The molecule has 1 saturated heterocycles. The van der Waals surface area contributed by atoms with Crippen molar-refractivity contribution in [3.63, 3.8) is 0 Å². The minimum atomic E-state index is -4.66. The highest BCUT2D eigenvalue weighted by molar-refractivity contribution is 5.49. The Morgan fingerprint density at radius 1 is 1.26 bits per heavy atom. The van der Waals surface area contributed by atoms with Crippen LogP contribution in [0.2, 0.25) is 0 Å². The molecule has 0 saturated carbocycles. The largest absolute Gasteiger partial charge is 0.418 e. The molecule has 0 aliphatic carbocycles. The van der Waals surface area contributed by atoms with E-state index >= 15 is 0 Å². The zero-order valence-electron chi connectivity index (χ0n) is 10.1. The molecule has 0 bridgehead atoms. The van der Waals surface area contributed by atoms with Crippen molar-refractivity contribution in [2.24, 2.45) is 5.18 Å². The molecule has 1 aliphatic rings. The molecule has 0 aromatic heterocycles. The Morgan fingerprint density at radius 3 is 2.53 bits per heavy atom. The van der Waals surface area contributed by atoms with Crippen molar-refractivity contribution in [1.29, 1.82) is 0 Å². The van der Waals surface area contributed by atoms with Crippen LogP contribution >= 0.6 is 0 Å². The molecule has 1 atom stereocenters. The molecular formula is C12H13F3N2O2. The van der Waals surface area contributed by atoms with Gasteiger partial charge >= 0.3 is 6.18 Å². The monoisotopic (exact) mass is 274 g/mol. The van der Waals surface area contributed by atoms with Gasteiger partial charge in [-0.2, -0.15) is 13.2 Å². The van der Waals surface area contributed by atoms with Crippen molar-refractivity contribution in [2.75, 3.05) is 31.2 Å². The van der Waals surface area contributed by atoms with Gasteiger partial charge < -0.3 is 9.64 Å². The third kappa shape index (κ3) is 3.23. The van der Waals surface area contributed by atoms with E-state index in [9.17, 15) is 18.1 Å². The number of morpholine rings is 1. The molecule has 4 nitrogen and oxygen atoms in total. The van der Waals surface area contributed by atoms with E-state index in [1.54, 1.807) is 6.07 Å². The summed E-state index contributed by atoms with van der Waals surface area (Å²) in [6.45, 7) is 2.32. The smallest absolute Gasteiger partial charge is 0.378 e. The average Bonchev–Trinajstić information content (AvgIpc) is 2.39. The van der Waals surface area contributed by atoms with Gasteiger partial charge in [0.05, 0.1) is 13.2 Å². The topological polar surface area (TPSA) is 41.9 Å². The third-order valence-corrected chi connectivity index (χ3v) is 2.98. The lowest BCUT2D eigenvalue weighted by Gasteiger charge is -2.29. The predicted molar refractivity (Wildman–Crippen MR) is 64.1 cm³/mol. The van der Waals surface area contributed by atoms with Gasteiger partial charge in [0.2, 0.25) is 6.04 Å². The zero-order chi connectivity index (χ0) is 13.9. The van der Waals surface area contributed by atoms with Crippen LogP contribution in [-0.2, 0) is 4.74 Å². The van der Waals surface area contributed by atoms with E-state index in [0.29, 0.717) is 32.0 Å². The van der Waals surface area contributed by atoms with Crippen LogP contribution in [-0.4, -0.2) is 32.5 Å². The SMILES string of the molecule is O=NC(c1cccc(N2CCOCC2)c1)C(F)(F)F. The van der Waals surface area contributed by atoms with Gasteiger partial charge in [-0.3, -0.25) is 0 Å². The van der Waals surface area contributed by atoms with Crippen LogP contribution < -0.4 is 4.90 Å². The number of rotatable bonds is 3. The minimum Gasteiger partial charge on any atom is -0.378 e. The second-order valence-corrected chi connectivity index (χ2v) is 4.24. The maximum absolute atomic E-state index is 12.7. The molecule has 2 rings (SSSR count). The first-order valence-corrected chi connectivity index (χ1v) is 5.84. The number of hydrogen-bond donors (Lipinski definition) is 0. The van der Waals surface area contributed by atoms with E-state index in [1.165, 1.54) is 18.2 Å². The molecule has 7 heteroatoms. The van der Waals surface area contributed by atoms with Crippen molar-refractivity contribution in [3.05, 3.63) is 34.7 Å². The van der Waals surface area contributed by atoms with Gasteiger partial charge in [0, 0.05) is 18.8 Å². The molecule has 0 N–H and O–H groups in total. The van der Waals surface area contributed by atoms with Gasteiger partial charge in [-0.25, -0.2) is 0 Å². The molecule has 1 heterocycles. The molecule has 1 aliphatic heterocycles. The van der Waals surface area contributed by atoms with E-state index in [4.69, 9.17) is 4.74 Å². The van der Waals surface area contributed by atoms with Crippen molar-refractivity contribution in [3.8, 4) is 0 Å². The maximum atomic E-state index is 12.7. The lowest BCUT2D eigenvalue weighted by Crippen LogP contribution is -2.36. The van der Waals surface area contributed by atoms with E-state index in [0.717, 1.165) is 0 Å². The second kappa shape index (κ2) is 5.56. The summed E-state index contributed by atoms with van der Waals surface area (Å²) >= 11 is 0. The summed E-state index contributed by atoms with van der Waals surface area (Å²) in [6.07, 6.45) is -4.66. The average molecular weight is 274 g/mol. The molecule has 0 amide bonds. The Labute approximate surface area is 108 Å². The summed E-state index contributed by atoms with van der Waals surface area (Å²) in [6, 6.07) is 3.54. The first-order valence-electron chi connectivity index (χ1n) is 5.84. The van der Waals surface area contributed by atoms with Crippen molar-refractivity contribution in [1.82, 2.24) is 0 Å². The Morgan fingerprint density at radius 2 is 1.95 bits per heavy atom. The van der Waals surface area contributed by atoms with Crippen LogP contribution in [0.15, 0.2) is 29.4 Å². The van der Waals surface area contributed by atoms with Crippen LogP contribution in [0, 0.1) is 4.91 Å². The summed E-state index contributed by atoms with van der Waals surface area (Å²) in [4.78, 5) is 12.4. The highest BCUT2D eigenvalue weighted by Crippen LogP contribution is 2.36. The molecule has 1 fully saturated rings. The number of halogens is 3. The molecule has 1 unspecified atom stereocenters. The van der Waals surface area contributed by atoms with Gasteiger partial charge in [0.15, 0.2) is 0 Å². The second-order valence-electron chi connectivity index (χ2n) is 4.24. The van der Waals surface area contributed by atoms with E-state index in [-0.39, 0.29) is 5.56 Å². The van der Waals surface area contributed by atoms with Crippen LogP contribution in [0.5, 0.6) is 0 Å². The van der Waals surface area contributed by atoms with Gasteiger partial charge in [0.25, 0.3) is 0 Å².